The van der Waals surface area contributed by atoms with Crippen LogP contribution in [-0.4, -0.2) is 30.9 Å². The number of ether oxygens (including phenoxy) is 2. The Morgan fingerprint density at radius 2 is 1.95 bits per heavy atom. The van der Waals surface area contributed by atoms with Gasteiger partial charge in [-0.2, -0.15) is 0 Å². The van der Waals surface area contributed by atoms with Crippen molar-refractivity contribution in [2.24, 2.45) is 5.92 Å². The molecule has 1 saturated heterocycles. The van der Waals surface area contributed by atoms with Gasteiger partial charge in [0.15, 0.2) is 0 Å². The molecule has 1 fully saturated rings. The summed E-state index contributed by atoms with van der Waals surface area (Å²) in [6.45, 7) is 2.06. The van der Waals surface area contributed by atoms with Gasteiger partial charge in [0.05, 0.1) is 6.61 Å². The van der Waals surface area contributed by atoms with E-state index in [0.29, 0.717) is 18.3 Å². The summed E-state index contributed by atoms with van der Waals surface area (Å²) < 4.78 is 11.2. The predicted molar refractivity (Wildman–Crippen MR) is 79.9 cm³/mol. The minimum absolute atomic E-state index is 0.223. The highest BCUT2D eigenvalue weighted by Crippen LogP contribution is 2.31. The third kappa shape index (κ3) is 3.00. The standard InChI is InChI=1S/C17H18O4/c18-17(19)15-6-5-13-3-1-2-4-14(13)16(15)21-11-12-7-9-20-10-8-12/h1-6,12H,7-11H2,(H,18,19). The molecule has 0 saturated carbocycles. The monoisotopic (exact) mass is 286 g/mol. The maximum atomic E-state index is 11.4. The summed E-state index contributed by atoms with van der Waals surface area (Å²) in [6.07, 6.45) is 1.93. The number of hydrogen-bond acceptors (Lipinski definition) is 3. The molecule has 21 heavy (non-hydrogen) atoms. The number of rotatable bonds is 4. The Bertz CT molecular complexity index is 644. The first-order chi connectivity index (χ1) is 10.3. The van der Waals surface area contributed by atoms with E-state index < -0.39 is 5.97 Å². The number of carbonyl (C=O) groups is 1. The Kier molecular flexibility index (Phi) is 4.06. The van der Waals surface area contributed by atoms with Crippen molar-refractivity contribution in [1.82, 2.24) is 0 Å². The summed E-state index contributed by atoms with van der Waals surface area (Å²) in [6, 6.07) is 11.1. The molecule has 0 bridgehead atoms. The maximum Gasteiger partial charge on any atom is 0.339 e. The van der Waals surface area contributed by atoms with E-state index in [-0.39, 0.29) is 5.56 Å². The van der Waals surface area contributed by atoms with E-state index in [1.165, 1.54) is 0 Å². The highest BCUT2D eigenvalue weighted by molar-refractivity contribution is 6.00. The first kappa shape index (κ1) is 13.9. The van der Waals surface area contributed by atoms with Gasteiger partial charge in [0.25, 0.3) is 0 Å². The van der Waals surface area contributed by atoms with Crippen molar-refractivity contribution in [3.8, 4) is 5.75 Å². The van der Waals surface area contributed by atoms with E-state index in [4.69, 9.17) is 9.47 Å². The molecule has 1 heterocycles. The highest BCUT2D eigenvalue weighted by atomic mass is 16.5. The molecular weight excluding hydrogens is 268 g/mol. The van der Waals surface area contributed by atoms with Gasteiger partial charge in [-0.1, -0.05) is 30.3 Å². The van der Waals surface area contributed by atoms with Crippen molar-refractivity contribution in [1.29, 1.82) is 0 Å². The van der Waals surface area contributed by atoms with E-state index in [9.17, 15) is 9.90 Å². The van der Waals surface area contributed by atoms with Crippen molar-refractivity contribution in [3.63, 3.8) is 0 Å². The third-order valence-electron chi connectivity index (χ3n) is 3.91. The van der Waals surface area contributed by atoms with Crippen LogP contribution in [-0.2, 0) is 4.74 Å². The molecule has 0 unspecified atom stereocenters. The van der Waals surface area contributed by atoms with Crippen LogP contribution < -0.4 is 4.74 Å². The van der Waals surface area contributed by atoms with Gasteiger partial charge in [-0.15, -0.1) is 0 Å². The lowest BCUT2D eigenvalue weighted by Gasteiger charge is -2.23. The van der Waals surface area contributed by atoms with Crippen LogP contribution in [0.4, 0.5) is 0 Å². The van der Waals surface area contributed by atoms with Gasteiger partial charge >= 0.3 is 5.97 Å². The summed E-state index contributed by atoms with van der Waals surface area (Å²) in [5.74, 6) is -0.0471. The molecule has 0 radical (unpaired) electrons. The lowest BCUT2D eigenvalue weighted by molar-refractivity contribution is 0.0492. The van der Waals surface area contributed by atoms with Gasteiger partial charge in [0, 0.05) is 18.6 Å². The molecule has 4 heteroatoms. The summed E-state index contributed by atoms with van der Waals surface area (Å²) in [5.41, 5.74) is 0.223. The van der Waals surface area contributed by atoms with Gasteiger partial charge in [0.1, 0.15) is 11.3 Å². The number of carboxylic acid groups (broad SMARTS) is 1. The normalized spacial score (nSPS) is 16.0. The number of benzene rings is 2. The molecule has 0 aromatic heterocycles. The second-order valence-electron chi connectivity index (χ2n) is 5.34. The fraction of sp³-hybridized carbons (Fsp3) is 0.353. The second kappa shape index (κ2) is 6.14. The van der Waals surface area contributed by atoms with E-state index in [2.05, 4.69) is 0 Å². The van der Waals surface area contributed by atoms with Crippen LogP contribution in [0.5, 0.6) is 5.75 Å². The summed E-state index contributed by atoms with van der Waals surface area (Å²) in [4.78, 5) is 11.4. The minimum Gasteiger partial charge on any atom is -0.492 e. The van der Waals surface area contributed by atoms with Gasteiger partial charge < -0.3 is 14.6 Å². The number of fused-ring (bicyclic) bond motifs is 1. The van der Waals surface area contributed by atoms with Crippen LogP contribution in [0, 0.1) is 5.92 Å². The van der Waals surface area contributed by atoms with Crippen molar-refractivity contribution in [2.45, 2.75) is 12.8 Å². The molecule has 1 aliphatic heterocycles. The molecule has 0 spiro atoms. The first-order valence-electron chi connectivity index (χ1n) is 7.21. The van der Waals surface area contributed by atoms with Crippen LogP contribution in [0.15, 0.2) is 36.4 Å². The Morgan fingerprint density at radius 3 is 2.71 bits per heavy atom. The number of hydrogen-bond donors (Lipinski definition) is 1. The molecule has 3 rings (SSSR count). The SMILES string of the molecule is O=C(O)c1ccc2ccccc2c1OCC1CCOCC1. The Morgan fingerprint density at radius 1 is 1.19 bits per heavy atom. The Balaban J connectivity index is 1.90. The van der Waals surface area contributed by atoms with Crippen molar-refractivity contribution in [2.75, 3.05) is 19.8 Å². The number of aromatic carboxylic acids is 1. The van der Waals surface area contributed by atoms with Crippen LogP contribution in [0.25, 0.3) is 10.8 Å². The average Bonchev–Trinajstić information content (AvgIpc) is 2.53. The van der Waals surface area contributed by atoms with E-state index in [1.54, 1.807) is 6.07 Å². The van der Waals surface area contributed by atoms with Crippen LogP contribution >= 0.6 is 0 Å². The Hall–Kier alpha value is -2.07. The zero-order chi connectivity index (χ0) is 14.7. The zero-order valence-electron chi connectivity index (χ0n) is 11.7. The van der Waals surface area contributed by atoms with Crippen molar-refractivity contribution in [3.05, 3.63) is 42.0 Å². The smallest absolute Gasteiger partial charge is 0.339 e. The second-order valence-corrected chi connectivity index (χ2v) is 5.34. The fourth-order valence-corrected chi connectivity index (χ4v) is 2.68. The topological polar surface area (TPSA) is 55.8 Å². The molecule has 2 aromatic carbocycles. The zero-order valence-corrected chi connectivity index (χ0v) is 11.7. The molecule has 2 aromatic rings. The minimum atomic E-state index is -0.956. The highest BCUT2D eigenvalue weighted by Gasteiger charge is 2.18. The van der Waals surface area contributed by atoms with E-state index >= 15 is 0 Å². The van der Waals surface area contributed by atoms with Gasteiger partial charge in [-0.25, -0.2) is 4.79 Å². The van der Waals surface area contributed by atoms with Gasteiger partial charge in [-0.3, -0.25) is 0 Å². The van der Waals surface area contributed by atoms with E-state index in [1.807, 2.05) is 30.3 Å². The van der Waals surface area contributed by atoms with E-state index in [0.717, 1.165) is 36.8 Å². The lowest BCUT2D eigenvalue weighted by Crippen LogP contribution is -2.22. The fourth-order valence-electron chi connectivity index (χ4n) is 2.68. The summed E-state index contributed by atoms with van der Waals surface area (Å²) in [5, 5.41) is 11.2. The Labute approximate surface area is 123 Å². The van der Waals surface area contributed by atoms with Gasteiger partial charge in [-0.05, 0) is 30.2 Å². The quantitative estimate of drug-likeness (QED) is 0.936. The molecule has 4 nitrogen and oxygen atoms in total. The van der Waals surface area contributed by atoms with Crippen molar-refractivity contribution < 1.29 is 19.4 Å². The average molecular weight is 286 g/mol. The summed E-state index contributed by atoms with van der Waals surface area (Å²) >= 11 is 0. The molecule has 0 amide bonds. The largest absolute Gasteiger partial charge is 0.492 e. The van der Waals surface area contributed by atoms with Crippen LogP contribution in [0.1, 0.15) is 23.2 Å². The lowest BCUT2D eigenvalue weighted by atomic mass is 10.0. The molecule has 0 aliphatic carbocycles. The maximum absolute atomic E-state index is 11.4. The molecule has 1 aliphatic rings. The molecule has 0 atom stereocenters. The summed E-state index contributed by atoms with van der Waals surface area (Å²) in [7, 11) is 0. The van der Waals surface area contributed by atoms with Gasteiger partial charge in [0.2, 0.25) is 0 Å². The predicted octanol–water partition coefficient (Wildman–Crippen LogP) is 3.34. The molecule has 1 N–H and O–H groups in total. The van der Waals surface area contributed by atoms with Crippen LogP contribution in [0.3, 0.4) is 0 Å². The van der Waals surface area contributed by atoms with Crippen LogP contribution in [0.2, 0.25) is 0 Å². The molecule has 110 valence electrons. The third-order valence-corrected chi connectivity index (χ3v) is 3.91. The molecular formula is C17H18O4. The number of carboxylic acids is 1. The van der Waals surface area contributed by atoms with Crippen molar-refractivity contribution >= 4 is 16.7 Å². The first-order valence-corrected chi connectivity index (χ1v) is 7.21.